The Labute approximate surface area is 75.7 Å². The second-order valence-electron chi connectivity index (χ2n) is 3.26. The third-order valence-electron chi connectivity index (χ3n) is 2.39. The first-order valence-corrected chi connectivity index (χ1v) is 4.26. The summed E-state index contributed by atoms with van der Waals surface area (Å²) in [5.41, 5.74) is 2.88. The van der Waals surface area contributed by atoms with E-state index in [1.807, 2.05) is 0 Å². The average Bonchev–Trinajstić information content (AvgIpc) is 2.17. The molecule has 0 spiro atoms. The molecular formula is C10H10FNO. The van der Waals surface area contributed by atoms with Crippen LogP contribution < -0.4 is 0 Å². The molecule has 1 N–H and O–H groups in total. The summed E-state index contributed by atoms with van der Waals surface area (Å²) in [4.78, 5) is 0. The smallest absolute Gasteiger partial charge is 0.123 e. The molecule has 1 aromatic carbocycles. The molecule has 0 unspecified atom stereocenters. The maximum absolute atomic E-state index is 12.8. The molecule has 13 heavy (non-hydrogen) atoms. The summed E-state index contributed by atoms with van der Waals surface area (Å²) in [7, 11) is 0. The minimum Gasteiger partial charge on any atom is -0.411 e. The molecule has 68 valence electrons. The van der Waals surface area contributed by atoms with Crippen LogP contribution >= 0.6 is 0 Å². The highest BCUT2D eigenvalue weighted by Crippen LogP contribution is 2.20. The molecule has 0 saturated heterocycles. The van der Waals surface area contributed by atoms with E-state index >= 15 is 0 Å². The molecular weight excluding hydrogens is 169 g/mol. The summed E-state index contributed by atoms with van der Waals surface area (Å²) in [5, 5.41) is 11.8. The van der Waals surface area contributed by atoms with Gasteiger partial charge in [-0.1, -0.05) is 11.2 Å². The maximum Gasteiger partial charge on any atom is 0.123 e. The third-order valence-corrected chi connectivity index (χ3v) is 2.39. The highest BCUT2D eigenvalue weighted by Gasteiger charge is 2.14. The molecule has 0 saturated carbocycles. The number of halogens is 1. The van der Waals surface area contributed by atoms with Crippen LogP contribution in [0.25, 0.3) is 0 Å². The second kappa shape index (κ2) is 3.17. The number of fused-ring (bicyclic) bond motifs is 1. The Bertz CT molecular complexity index is 360. The van der Waals surface area contributed by atoms with E-state index in [4.69, 9.17) is 5.21 Å². The lowest BCUT2D eigenvalue weighted by Gasteiger charge is -2.15. The van der Waals surface area contributed by atoms with Crippen molar-refractivity contribution in [3.8, 4) is 0 Å². The van der Waals surface area contributed by atoms with Gasteiger partial charge in [0.2, 0.25) is 0 Å². The van der Waals surface area contributed by atoms with Gasteiger partial charge in [-0.25, -0.2) is 4.39 Å². The largest absolute Gasteiger partial charge is 0.411 e. The summed E-state index contributed by atoms with van der Waals surface area (Å²) in [6.45, 7) is 0. The van der Waals surface area contributed by atoms with Crippen LogP contribution in [0.3, 0.4) is 0 Å². The first kappa shape index (κ1) is 8.23. The van der Waals surface area contributed by atoms with Crippen LogP contribution in [0.5, 0.6) is 0 Å². The fraction of sp³-hybridized carbons (Fsp3) is 0.300. The molecule has 3 heteroatoms. The average molecular weight is 179 g/mol. The lowest BCUT2D eigenvalue weighted by atomic mass is 9.90. The highest BCUT2D eigenvalue weighted by atomic mass is 19.1. The van der Waals surface area contributed by atoms with E-state index < -0.39 is 0 Å². The van der Waals surface area contributed by atoms with Crippen LogP contribution in [0.2, 0.25) is 0 Å². The lowest BCUT2D eigenvalue weighted by Crippen LogP contribution is -2.13. The van der Waals surface area contributed by atoms with E-state index in [0.29, 0.717) is 6.42 Å². The van der Waals surface area contributed by atoms with Crippen LogP contribution in [-0.2, 0) is 12.8 Å². The predicted octanol–water partition coefficient (Wildman–Crippen LogP) is 2.14. The number of rotatable bonds is 0. The van der Waals surface area contributed by atoms with Crippen molar-refractivity contribution in [2.24, 2.45) is 5.16 Å². The summed E-state index contributed by atoms with van der Waals surface area (Å²) >= 11 is 0. The monoisotopic (exact) mass is 179 g/mol. The fourth-order valence-corrected chi connectivity index (χ4v) is 1.67. The lowest BCUT2D eigenvalue weighted by molar-refractivity contribution is 0.316. The fourth-order valence-electron chi connectivity index (χ4n) is 1.67. The zero-order chi connectivity index (χ0) is 9.26. The quantitative estimate of drug-likeness (QED) is 0.480. The molecule has 0 radical (unpaired) electrons. The molecule has 0 amide bonds. The predicted molar refractivity (Wildman–Crippen MR) is 47.6 cm³/mol. The van der Waals surface area contributed by atoms with Crippen molar-refractivity contribution in [2.75, 3.05) is 0 Å². The number of aryl methyl sites for hydroxylation is 1. The van der Waals surface area contributed by atoms with Gasteiger partial charge >= 0.3 is 0 Å². The van der Waals surface area contributed by atoms with Crippen LogP contribution in [0.1, 0.15) is 17.5 Å². The van der Waals surface area contributed by atoms with Gasteiger partial charge < -0.3 is 5.21 Å². The van der Waals surface area contributed by atoms with Gasteiger partial charge in [-0.05, 0) is 36.1 Å². The van der Waals surface area contributed by atoms with Gasteiger partial charge in [0, 0.05) is 6.42 Å². The van der Waals surface area contributed by atoms with Crippen LogP contribution in [0.15, 0.2) is 23.4 Å². The zero-order valence-corrected chi connectivity index (χ0v) is 7.13. The molecule has 0 aromatic heterocycles. The van der Waals surface area contributed by atoms with E-state index in [1.54, 1.807) is 12.1 Å². The molecule has 0 fully saturated rings. The van der Waals surface area contributed by atoms with E-state index in [0.717, 1.165) is 29.7 Å². The summed E-state index contributed by atoms with van der Waals surface area (Å²) < 4.78 is 12.8. The molecule has 1 aliphatic rings. The molecule has 0 aliphatic heterocycles. The Morgan fingerprint density at radius 3 is 2.85 bits per heavy atom. The van der Waals surface area contributed by atoms with Crippen molar-refractivity contribution < 1.29 is 9.60 Å². The number of hydrogen-bond acceptors (Lipinski definition) is 2. The van der Waals surface area contributed by atoms with Gasteiger partial charge in [0.05, 0.1) is 5.71 Å². The van der Waals surface area contributed by atoms with Crippen LogP contribution in [-0.4, -0.2) is 10.9 Å². The van der Waals surface area contributed by atoms with E-state index in [2.05, 4.69) is 5.16 Å². The van der Waals surface area contributed by atoms with Crippen LogP contribution in [0, 0.1) is 5.82 Å². The van der Waals surface area contributed by atoms with Crippen molar-refractivity contribution in [2.45, 2.75) is 19.3 Å². The van der Waals surface area contributed by atoms with Gasteiger partial charge in [0.25, 0.3) is 0 Å². The van der Waals surface area contributed by atoms with E-state index in [9.17, 15) is 4.39 Å². The SMILES string of the molecule is O/N=C1/CCc2cc(F)ccc2C1. The van der Waals surface area contributed by atoms with Crippen LogP contribution in [0.4, 0.5) is 4.39 Å². The first-order chi connectivity index (χ1) is 6.29. The van der Waals surface area contributed by atoms with Gasteiger partial charge in [0.1, 0.15) is 5.82 Å². The molecule has 2 nitrogen and oxygen atoms in total. The summed E-state index contributed by atoms with van der Waals surface area (Å²) in [5.74, 6) is -0.192. The third kappa shape index (κ3) is 1.54. The van der Waals surface area contributed by atoms with Crippen molar-refractivity contribution in [3.63, 3.8) is 0 Å². The topological polar surface area (TPSA) is 32.6 Å². The Balaban J connectivity index is 2.37. The number of benzene rings is 1. The van der Waals surface area contributed by atoms with Gasteiger partial charge in [0.15, 0.2) is 0 Å². The van der Waals surface area contributed by atoms with E-state index in [1.165, 1.54) is 6.07 Å². The van der Waals surface area contributed by atoms with Gasteiger partial charge in [-0.2, -0.15) is 0 Å². The summed E-state index contributed by atoms with van der Waals surface area (Å²) in [6, 6.07) is 4.76. The molecule has 0 atom stereocenters. The van der Waals surface area contributed by atoms with Crippen molar-refractivity contribution in [1.82, 2.24) is 0 Å². The van der Waals surface area contributed by atoms with Gasteiger partial charge in [-0.15, -0.1) is 0 Å². The van der Waals surface area contributed by atoms with Crippen molar-refractivity contribution in [1.29, 1.82) is 0 Å². The Hall–Kier alpha value is -1.38. The molecule has 1 aliphatic carbocycles. The Morgan fingerprint density at radius 2 is 2.08 bits per heavy atom. The molecule has 1 aromatic rings. The standard InChI is InChI=1S/C10H10FNO/c11-9-3-1-8-6-10(12-13)4-2-7(8)5-9/h1,3,5,13H,2,4,6H2/b12-10-. The van der Waals surface area contributed by atoms with Gasteiger partial charge in [-0.3, -0.25) is 0 Å². The van der Waals surface area contributed by atoms with Crippen molar-refractivity contribution >= 4 is 5.71 Å². The minimum atomic E-state index is -0.192. The Kier molecular flexibility index (Phi) is 2.00. The molecule has 0 bridgehead atoms. The Morgan fingerprint density at radius 1 is 1.23 bits per heavy atom. The molecule has 2 rings (SSSR count). The highest BCUT2D eigenvalue weighted by molar-refractivity contribution is 5.88. The zero-order valence-electron chi connectivity index (χ0n) is 7.13. The second-order valence-corrected chi connectivity index (χ2v) is 3.26. The minimum absolute atomic E-state index is 0.192. The first-order valence-electron chi connectivity index (χ1n) is 4.26. The van der Waals surface area contributed by atoms with Crippen molar-refractivity contribution in [3.05, 3.63) is 35.1 Å². The number of nitrogens with zero attached hydrogens (tertiary/aromatic N) is 1. The maximum atomic E-state index is 12.8. The summed E-state index contributed by atoms with van der Waals surface area (Å²) in [6.07, 6.45) is 2.14. The normalized spacial score (nSPS) is 18.7. The number of oxime groups is 1. The number of hydrogen-bond donors (Lipinski definition) is 1. The van der Waals surface area contributed by atoms with E-state index in [-0.39, 0.29) is 5.82 Å². The molecule has 0 heterocycles.